The molecule has 1 atom stereocenters. The molecule has 1 saturated heterocycles. The summed E-state index contributed by atoms with van der Waals surface area (Å²) >= 11 is 3.65. The summed E-state index contributed by atoms with van der Waals surface area (Å²) in [5.74, 6) is 0.675. The average Bonchev–Trinajstić information content (AvgIpc) is 2.75. The second-order valence-corrected chi connectivity index (χ2v) is 6.55. The molecular formula is C15H23BrN2O. The maximum atomic E-state index is 9.61. The lowest BCUT2D eigenvalue weighted by Gasteiger charge is -2.20. The molecular weight excluding hydrogens is 304 g/mol. The molecule has 4 heteroatoms. The summed E-state index contributed by atoms with van der Waals surface area (Å²) in [7, 11) is 0. The Morgan fingerprint density at radius 1 is 1.47 bits per heavy atom. The van der Waals surface area contributed by atoms with Gasteiger partial charge in [-0.3, -0.25) is 0 Å². The first-order valence-corrected chi connectivity index (χ1v) is 7.77. The summed E-state index contributed by atoms with van der Waals surface area (Å²) in [5.41, 5.74) is 2.47. The highest BCUT2D eigenvalue weighted by atomic mass is 79.9. The quantitative estimate of drug-likeness (QED) is 0.873. The summed E-state index contributed by atoms with van der Waals surface area (Å²) in [5, 5.41) is 13.1. The molecule has 0 bridgehead atoms. The van der Waals surface area contributed by atoms with Crippen molar-refractivity contribution in [1.82, 2.24) is 5.32 Å². The Morgan fingerprint density at radius 2 is 2.26 bits per heavy atom. The Morgan fingerprint density at radius 3 is 2.84 bits per heavy atom. The number of hydrogen-bond donors (Lipinski definition) is 2. The normalized spacial score (nSPS) is 19.4. The van der Waals surface area contributed by atoms with E-state index >= 15 is 0 Å². The van der Waals surface area contributed by atoms with Crippen LogP contribution in [0.4, 0.5) is 5.69 Å². The molecule has 0 spiro atoms. The number of rotatable bonds is 5. The van der Waals surface area contributed by atoms with E-state index in [1.165, 1.54) is 11.3 Å². The minimum atomic E-state index is -0.181. The van der Waals surface area contributed by atoms with Crippen molar-refractivity contribution in [1.29, 1.82) is 0 Å². The Kier molecular flexibility index (Phi) is 5.25. The van der Waals surface area contributed by atoms with Crippen LogP contribution >= 0.6 is 15.9 Å². The summed E-state index contributed by atoms with van der Waals surface area (Å²) in [6, 6.07) is 6.49. The van der Waals surface area contributed by atoms with Crippen molar-refractivity contribution >= 4 is 21.6 Å². The van der Waals surface area contributed by atoms with E-state index in [1.807, 2.05) is 0 Å². The predicted molar refractivity (Wildman–Crippen MR) is 83.5 cm³/mol. The van der Waals surface area contributed by atoms with Crippen LogP contribution in [0.25, 0.3) is 0 Å². The smallest absolute Gasteiger partial charge is 0.0731 e. The molecule has 1 aliphatic heterocycles. The molecule has 0 amide bonds. The zero-order valence-corrected chi connectivity index (χ0v) is 13.3. The molecule has 106 valence electrons. The number of benzene rings is 1. The first-order chi connectivity index (χ1) is 9.06. The third-order valence-electron chi connectivity index (χ3n) is 3.40. The number of hydrogen-bond acceptors (Lipinski definition) is 3. The molecule has 1 unspecified atom stereocenters. The molecule has 2 rings (SSSR count). The fourth-order valence-electron chi connectivity index (χ4n) is 2.38. The standard InChI is InChI=1S/C15H23BrN2O/c1-11(2)8-17-9-12-3-4-15(14(16)7-12)18-6-5-13(19)10-18/h3-4,7,11,13,17,19H,5-6,8-10H2,1-2H3. The van der Waals surface area contributed by atoms with Crippen LogP contribution in [0.5, 0.6) is 0 Å². The molecule has 1 fully saturated rings. The number of nitrogens with one attached hydrogen (secondary N) is 1. The van der Waals surface area contributed by atoms with Crippen molar-refractivity contribution in [2.45, 2.75) is 32.9 Å². The van der Waals surface area contributed by atoms with Crippen LogP contribution in [0.15, 0.2) is 22.7 Å². The minimum Gasteiger partial charge on any atom is -0.391 e. The first-order valence-electron chi connectivity index (χ1n) is 6.98. The molecule has 2 N–H and O–H groups in total. The second kappa shape index (κ2) is 6.73. The molecule has 1 aromatic carbocycles. The van der Waals surface area contributed by atoms with Crippen LogP contribution in [0.3, 0.4) is 0 Å². The third-order valence-corrected chi connectivity index (χ3v) is 4.03. The van der Waals surface area contributed by atoms with Gasteiger partial charge in [-0.05, 0) is 52.5 Å². The SMILES string of the molecule is CC(C)CNCc1ccc(N2CCC(O)C2)c(Br)c1. The number of halogens is 1. The van der Waals surface area contributed by atoms with Crippen LogP contribution in [-0.4, -0.2) is 30.8 Å². The fourth-order valence-corrected chi connectivity index (χ4v) is 3.06. The van der Waals surface area contributed by atoms with Gasteiger partial charge < -0.3 is 15.3 Å². The van der Waals surface area contributed by atoms with Crippen molar-refractivity contribution in [3.63, 3.8) is 0 Å². The van der Waals surface area contributed by atoms with Gasteiger partial charge in [-0.1, -0.05) is 19.9 Å². The Bertz CT molecular complexity index is 423. The van der Waals surface area contributed by atoms with Crippen molar-refractivity contribution in [3.05, 3.63) is 28.2 Å². The predicted octanol–water partition coefficient (Wildman–Crippen LogP) is 2.77. The Hall–Kier alpha value is -0.580. The zero-order chi connectivity index (χ0) is 13.8. The lowest BCUT2D eigenvalue weighted by Crippen LogP contribution is -2.22. The maximum Gasteiger partial charge on any atom is 0.0731 e. The van der Waals surface area contributed by atoms with Gasteiger partial charge in [-0.15, -0.1) is 0 Å². The molecule has 1 aromatic rings. The molecule has 3 nitrogen and oxygen atoms in total. The van der Waals surface area contributed by atoms with Gasteiger partial charge in [0.15, 0.2) is 0 Å². The molecule has 0 saturated carbocycles. The zero-order valence-electron chi connectivity index (χ0n) is 11.7. The Labute approximate surface area is 124 Å². The van der Waals surface area contributed by atoms with Gasteiger partial charge >= 0.3 is 0 Å². The monoisotopic (exact) mass is 326 g/mol. The van der Waals surface area contributed by atoms with E-state index in [4.69, 9.17) is 0 Å². The van der Waals surface area contributed by atoms with Crippen molar-refractivity contribution in [3.8, 4) is 0 Å². The second-order valence-electron chi connectivity index (χ2n) is 5.70. The highest BCUT2D eigenvalue weighted by Gasteiger charge is 2.21. The summed E-state index contributed by atoms with van der Waals surface area (Å²) in [4.78, 5) is 2.24. The van der Waals surface area contributed by atoms with Gasteiger partial charge in [0.2, 0.25) is 0 Å². The number of anilines is 1. The van der Waals surface area contributed by atoms with Gasteiger partial charge in [0.1, 0.15) is 0 Å². The first kappa shape index (κ1) is 14.8. The third kappa shape index (κ3) is 4.20. The van der Waals surface area contributed by atoms with E-state index in [2.05, 4.69) is 58.2 Å². The highest BCUT2D eigenvalue weighted by Crippen LogP contribution is 2.30. The van der Waals surface area contributed by atoms with Crippen LogP contribution in [0, 0.1) is 5.92 Å². The van der Waals surface area contributed by atoms with E-state index in [0.29, 0.717) is 5.92 Å². The van der Waals surface area contributed by atoms with Crippen molar-refractivity contribution < 1.29 is 5.11 Å². The van der Waals surface area contributed by atoms with Gasteiger partial charge in [0, 0.05) is 24.1 Å². The number of nitrogens with zero attached hydrogens (tertiary/aromatic N) is 1. The van der Waals surface area contributed by atoms with Crippen LogP contribution < -0.4 is 10.2 Å². The topological polar surface area (TPSA) is 35.5 Å². The Balaban J connectivity index is 1.97. The van der Waals surface area contributed by atoms with E-state index < -0.39 is 0 Å². The van der Waals surface area contributed by atoms with Crippen LogP contribution in [0.2, 0.25) is 0 Å². The average molecular weight is 327 g/mol. The van der Waals surface area contributed by atoms with E-state index in [9.17, 15) is 5.11 Å². The number of aliphatic hydroxyl groups is 1. The summed E-state index contributed by atoms with van der Waals surface area (Å²) in [6.45, 7) is 8.04. The summed E-state index contributed by atoms with van der Waals surface area (Å²) < 4.78 is 1.12. The highest BCUT2D eigenvalue weighted by molar-refractivity contribution is 9.10. The van der Waals surface area contributed by atoms with E-state index in [0.717, 1.165) is 37.1 Å². The van der Waals surface area contributed by atoms with Crippen LogP contribution in [-0.2, 0) is 6.54 Å². The van der Waals surface area contributed by atoms with Crippen molar-refractivity contribution in [2.24, 2.45) is 5.92 Å². The molecule has 0 aliphatic carbocycles. The summed E-state index contributed by atoms with van der Waals surface area (Å²) in [6.07, 6.45) is 0.684. The largest absolute Gasteiger partial charge is 0.391 e. The maximum absolute atomic E-state index is 9.61. The van der Waals surface area contributed by atoms with Crippen LogP contribution in [0.1, 0.15) is 25.8 Å². The van der Waals surface area contributed by atoms with Gasteiger partial charge in [0.05, 0.1) is 11.8 Å². The van der Waals surface area contributed by atoms with Crippen molar-refractivity contribution in [2.75, 3.05) is 24.5 Å². The lowest BCUT2D eigenvalue weighted by atomic mass is 10.1. The molecule has 19 heavy (non-hydrogen) atoms. The minimum absolute atomic E-state index is 0.181. The molecule has 0 aromatic heterocycles. The molecule has 1 aliphatic rings. The van der Waals surface area contributed by atoms with Gasteiger partial charge in [-0.25, -0.2) is 0 Å². The molecule has 0 radical (unpaired) electrons. The van der Waals surface area contributed by atoms with E-state index in [-0.39, 0.29) is 6.10 Å². The number of β-amino-alcohol motifs (C(OH)–C–C–N with tert-alkyl or cyclic N) is 1. The molecule has 1 heterocycles. The fraction of sp³-hybridized carbons (Fsp3) is 0.600. The van der Waals surface area contributed by atoms with Gasteiger partial charge in [-0.2, -0.15) is 0 Å². The van der Waals surface area contributed by atoms with Gasteiger partial charge in [0.25, 0.3) is 0 Å². The van der Waals surface area contributed by atoms with E-state index in [1.54, 1.807) is 0 Å². The lowest BCUT2D eigenvalue weighted by molar-refractivity contribution is 0.198. The number of aliphatic hydroxyl groups excluding tert-OH is 1.